The molecule has 1 aliphatic rings. The van der Waals surface area contributed by atoms with Crippen molar-refractivity contribution in [1.82, 2.24) is 19.7 Å². The van der Waals surface area contributed by atoms with Crippen LogP contribution in [0.1, 0.15) is 25.3 Å². The van der Waals surface area contributed by atoms with Crippen LogP contribution in [0.3, 0.4) is 0 Å². The third-order valence-corrected chi connectivity index (χ3v) is 2.96. The molecule has 0 fully saturated rings. The van der Waals surface area contributed by atoms with Crippen LogP contribution in [-0.2, 0) is 0 Å². The normalized spacial score (nSPS) is 20.4. The summed E-state index contributed by atoms with van der Waals surface area (Å²) in [5.41, 5.74) is 6.60. The van der Waals surface area contributed by atoms with E-state index in [1.54, 1.807) is 6.20 Å². The Morgan fingerprint density at radius 2 is 2.31 bits per heavy atom. The van der Waals surface area contributed by atoms with Crippen LogP contribution in [0.4, 0.5) is 5.82 Å². The van der Waals surface area contributed by atoms with Gasteiger partial charge in [-0.1, -0.05) is 12.2 Å². The molecule has 0 aromatic carbocycles. The van der Waals surface area contributed by atoms with Crippen molar-refractivity contribution in [2.75, 3.05) is 5.73 Å². The Hall–Kier alpha value is -1.91. The molecule has 5 heteroatoms. The molecular formula is C11H13N5. The summed E-state index contributed by atoms with van der Waals surface area (Å²) in [4.78, 5) is 8.21. The maximum atomic E-state index is 5.78. The minimum absolute atomic E-state index is 0.306. The van der Waals surface area contributed by atoms with E-state index in [1.807, 2.05) is 4.68 Å². The zero-order valence-corrected chi connectivity index (χ0v) is 8.87. The number of fused-ring (bicyclic) bond motifs is 1. The molecule has 5 nitrogen and oxygen atoms in total. The predicted octanol–water partition coefficient (Wildman–Crippen LogP) is 1.69. The first-order valence-electron chi connectivity index (χ1n) is 5.46. The van der Waals surface area contributed by atoms with Gasteiger partial charge >= 0.3 is 0 Å². The molecule has 0 bridgehead atoms. The van der Waals surface area contributed by atoms with Gasteiger partial charge in [-0.25, -0.2) is 14.6 Å². The monoisotopic (exact) mass is 215 g/mol. The van der Waals surface area contributed by atoms with Gasteiger partial charge < -0.3 is 5.73 Å². The van der Waals surface area contributed by atoms with E-state index in [4.69, 9.17) is 5.73 Å². The van der Waals surface area contributed by atoms with E-state index in [0.717, 1.165) is 23.9 Å². The van der Waals surface area contributed by atoms with E-state index >= 15 is 0 Å². The second-order valence-electron chi connectivity index (χ2n) is 4.01. The largest absolute Gasteiger partial charge is 0.383 e. The molecule has 2 heterocycles. The zero-order chi connectivity index (χ0) is 11.0. The summed E-state index contributed by atoms with van der Waals surface area (Å²) in [5.74, 6) is 0.496. The van der Waals surface area contributed by atoms with Gasteiger partial charge in [0.2, 0.25) is 0 Å². The highest BCUT2D eigenvalue weighted by Crippen LogP contribution is 2.25. The van der Waals surface area contributed by atoms with Gasteiger partial charge in [0.15, 0.2) is 5.65 Å². The van der Waals surface area contributed by atoms with E-state index in [9.17, 15) is 0 Å². The van der Waals surface area contributed by atoms with Crippen LogP contribution in [0.2, 0.25) is 0 Å². The van der Waals surface area contributed by atoms with Crippen molar-refractivity contribution in [3.63, 3.8) is 0 Å². The van der Waals surface area contributed by atoms with E-state index < -0.39 is 0 Å². The fourth-order valence-corrected chi connectivity index (χ4v) is 2.12. The minimum atomic E-state index is 0.306. The van der Waals surface area contributed by atoms with Gasteiger partial charge in [-0.05, 0) is 19.3 Å². The Labute approximate surface area is 93.0 Å². The molecule has 1 aliphatic carbocycles. The molecule has 0 aliphatic heterocycles. The van der Waals surface area contributed by atoms with E-state index in [2.05, 4.69) is 27.2 Å². The van der Waals surface area contributed by atoms with Crippen molar-refractivity contribution in [2.45, 2.75) is 25.3 Å². The van der Waals surface area contributed by atoms with Gasteiger partial charge in [0.05, 0.1) is 17.6 Å². The van der Waals surface area contributed by atoms with Crippen LogP contribution in [0, 0.1) is 0 Å². The zero-order valence-electron chi connectivity index (χ0n) is 8.87. The van der Waals surface area contributed by atoms with Crippen LogP contribution in [-0.4, -0.2) is 19.7 Å². The highest BCUT2D eigenvalue weighted by atomic mass is 15.3. The molecule has 2 aromatic heterocycles. The minimum Gasteiger partial charge on any atom is -0.383 e. The van der Waals surface area contributed by atoms with Gasteiger partial charge in [-0.15, -0.1) is 0 Å². The molecule has 0 radical (unpaired) electrons. The van der Waals surface area contributed by atoms with Gasteiger partial charge in [0.1, 0.15) is 12.1 Å². The summed E-state index contributed by atoms with van der Waals surface area (Å²) in [6.45, 7) is 0. The summed E-state index contributed by atoms with van der Waals surface area (Å²) >= 11 is 0. The molecule has 2 aromatic rings. The number of aromatic nitrogens is 4. The van der Waals surface area contributed by atoms with E-state index in [0.29, 0.717) is 11.9 Å². The topological polar surface area (TPSA) is 69.6 Å². The Morgan fingerprint density at radius 1 is 1.38 bits per heavy atom. The molecule has 3 rings (SSSR count). The highest BCUT2D eigenvalue weighted by molar-refractivity contribution is 5.84. The molecule has 1 unspecified atom stereocenters. The first-order chi connectivity index (χ1) is 7.86. The lowest BCUT2D eigenvalue weighted by Crippen LogP contribution is -2.11. The lowest BCUT2D eigenvalue weighted by molar-refractivity contribution is 0.484. The molecule has 0 saturated heterocycles. The summed E-state index contributed by atoms with van der Waals surface area (Å²) < 4.78 is 1.93. The number of nitrogens with zero attached hydrogens (tertiary/aromatic N) is 4. The summed E-state index contributed by atoms with van der Waals surface area (Å²) in [6, 6.07) is 0.306. The molecular weight excluding hydrogens is 202 g/mol. The van der Waals surface area contributed by atoms with Crippen molar-refractivity contribution in [1.29, 1.82) is 0 Å². The standard InChI is InChI=1S/C11H13N5/c12-10-9-6-15-16(11(9)14-7-13-10)8-4-2-1-3-5-8/h2,4,6-8H,1,3,5H2,(H2,12,13,14). The Morgan fingerprint density at radius 3 is 3.12 bits per heavy atom. The van der Waals surface area contributed by atoms with Crippen LogP contribution in [0.5, 0.6) is 0 Å². The summed E-state index contributed by atoms with van der Waals surface area (Å²) in [7, 11) is 0. The Balaban J connectivity index is 2.13. The smallest absolute Gasteiger partial charge is 0.163 e. The summed E-state index contributed by atoms with van der Waals surface area (Å²) in [5, 5.41) is 5.20. The van der Waals surface area contributed by atoms with Crippen molar-refractivity contribution >= 4 is 16.9 Å². The van der Waals surface area contributed by atoms with E-state index in [1.165, 1.54) is 12.7 Å². The lowest BCUT2D eigenvalue weighted by Gasteiger charge is -2.17. The molecule has 1 atom stereocenters. The molecule has 2 N–H and O–H groups in total. The molecule has 82 valence electrons. The fourth-order valence-electron chi connectivity index (χ4n) is 2.12. The summed E-state index contributed by atoms with van der Waals surface area (Å²) in [6.07, 6.45) is 11.1. The van der Waals surface area contributed by atoms with Crippen molar-refractivity contribution in [2.24, 2.45) is 0 Å². The molecule has 0 spiro atoms. The third kappa shape index (κ3) is 1.36. The van der Waals surface area contributed by atoms with Crippen LogP contribution < -0.4 is 5.73 Å². The third-order valence-electron chi connectivity index (χ3n) is 2.96. The number of allylic oxidation sites excluding steroid dienone is 2. The fraction of sp³-hybridized carbons (Fsp3) is 0.364. The second kappa shape index (κ2) is 3.59. The quantitative estimate of drug-likeness (QED) is 0.735. The van der Waals surface area contributed by atoms with Crippen LogP contribution in [0.25, 0.3) is 11.0 Å². The van der Waals surface area contributed by atoms with Crippen molar-refractivity contribution < 1.29 is 0 Å². The van der Waals surface area contributed by atoms with Gasteiger partial charge in [0.25, 0.3) is 0 Å². The van der Waals surface area contributed by atoms with Gasteiger partial charge in [-0.3, -0.25) is 0 Å². The number of hydrogen-bond donors (Lipinski definition) is 1. The second-order valence-corrected chi connectivity index (χ2v) is 4.01. The maximum absolute atomic E-state index is 5.78. The first-order valence-corrected chi connectivity index (χ1v) is 5.46. The number of rotatable bonds is 1. The maximum Gasteiger partial charge on any atom is 0.163 e. The number of anilines is 1. The SMILES string of the molecule is Nc1ncnc2c1cnn2C1C=CCCC1. The van der Waals surface area contributed by atoms with Crippen LogP contribution in [0.15, 0.2) is 24.7 Å². The highest BCUT2D eigenvalue weighted by Gasteiger charge is 2.15. The Kier molecular flexibility index (Phi) is 2.09. The first kappa shape index (κ1) is 9.33. The number of nitrogen functional groups attached to an aromatic ring is 1. The Bertz CT molecular complexity index is 542. The van der Waals surface area contributed by atoms with Gasteiger partial charge in [0, 0.05) is 0 Å². The lowest BCUT2D eigenvalue weighted by atomic mass is 10.0. The number of hydrogen-bond acceptors (Lipinski definition) is 4. The number of nitrogens with two attached hydrogens (primary N) is 1. The molecule has 16 heavy (non-hydrogen) atoms. The average molecular weight is 215 g/mol. The van der Waals surface area contributed by atoms with Crippen LogP contribution >= 0.6 is 0 Å². The molecule has 0 amide bonds. The van der Waals surface area contributed by atoms with E-state index in [-0.39, 0.29) is 0 Å². The average Bonchev–Trinajstić information content (AvgIpc) is 2.75. The van der Waals surface area contributed by atoms with Gasteiger partial charge in [-0.2, -0.15) is 5.10 Å². The molecule has 0 saturated carbocycles. The van der Waals surface area contributed by atoms with Crippen molar-refractivity contribution in [3.8, 4) is 0 Å². The predicted molar refractivity (Wildman–Crippen MR) is 61.8 cm³/mol. The van der Waals surface area contributed by atoms with Crippen molar-refractivity contribution in [3.05, 3.63) is 24.7 Å².